The third kappa shape index (κ3) is 8.78. The molecule has 1 unspecified atom stereocenters. The first-order chi connectivity index (χ1) is 5.77. The van der Waals surface area contributed by atoms with Gasteiger partial charge in [0, 0.05) is 6.42 Å². The molecule has 0 aromatic carbocycles. The van der Waals surface area contributed by atoms with Crippen molar-refractivity contribution in [1.29, 1.82) is 0 Å². The van der Waals surface area contributed by atoms with E-state index in [0.29, 0.717) is 6.42 Å². The first-order valence-corrected chi connectivity index (χ1v) is 3.70. The summed E-state index contributed by atoms with van der Waals surface area (Å²) in [5, 5.41) is 17.1. The van der Waals surface area contributed by atoms with Crippen LogP contribution < -0.4 is 0 Å². The lowest BCUT2D eigenvalue weighted by molar-refractivity contribution is 0.253. The highest BCUT2D eigenvalue weighted by molar-refractivity contribution is 5.25. The smallest absolute Gasteiger partial charge is 0.112 e. The van der Waals surface area contributed by atoms with Gasteiger partial charge in [-0.25, -0.2) is 0 Å². The molecule has 0 aliphatic rings. The zero-order valence-corrected chi connectivity index (χ0v) is 7.04. The molecular formula is C10H12O2. The lowest BCUT2D eigenvalue weighted by Crippen LogP contribution is -1.91. The molecule has 0 amide bonds. The lowest BCUT2D eigenvalue weighted by Gasteiger charge is -1.83. The third-order valence-electron chi connectivity index (χ3n) is 0.881. The van der Waals surface area contributed by atoms with Gasteiger partial charge < -0.3 is 10.2 Å². The number of hydrogen-bond acceptors (Lipinski definition) is 2. The van der Waals surface area contributed by atoms with Crippen LogP contribution in [0, 0.1) is 23.7 Å². The zero-order valence-electron chi connectivity index (χ0n) is 7.04. The molecular weight excluding hydrogens is 152 g/mol. The van der Waals surface area contributed by atoms with Crippen LogP contribution in [0.25, 0.3) is 0 Å². The Morgan fingerprint density at radius 2 is 2.00 bits per heavy atom. The Labute approximate surface area is 72.9 Å². The lowest BCUT2D eigenvalue weighted by atomic mass is 10.4. The second kappa shape index (κ2) is 7.88. The average Bonchev–Trinajstić information content (AvgIpc) is 2.02. The van der Waals surface area contributed by atoms with Crippen LogP contribution in [-0.4, -0.2) is 22.9 Å². The Bertz CT molecular complexity index is 242. The van der Waals surface area contributed by atoms with Gasteiger partial charge in [0.2, 0.25) is 0 Å². The van der Waals surface area contributed by atoms with E-state index in [1.807, 2.05) is 0 Å². The van der Waals surface area contributed by atoms with Crippen molar-refractivity contribution >= 4 is 0 Å². The highest BCUT2D eigenvalue weighted by Crippen LogP contribution is 1.75. The highest BCUT2D eigenvalue weighted by atomic mass is 16.3. The predicted octanol–water partition coefficient (Wildman–Crippen LogP) is 0.313. The molecule has 0 aliphatic heterocycles. The summed E-state index contributed by atoms with van der Waals surface area (Å²) in [6, 6.07) is 0. The standard InChI is InChI=1S/C10H12O2/c1-10(12)8-6-4-2-3-5-7-9-11/h2,4,10-12H,7,9H2,1H3/b4-2+. The minimum Gasteiger partial charge on any atom is -0.395 e. The van der Waals surface area contributed by atoms with Crippen LogP contribution in [0.15, 0.2) is 12.2 Å². The number of aliphatic hydroxyl groups excluding tert-OH is 2. The Kier molecular flexibility index (Phi) is 7.08. The summed E-state index contributed by atoms with van der Waals surface area (Å²) < 4.78 is 0. The molecule has 1 atom stereocenters. The Hall–Kier alpha value is -1.22. The Morgan fingerprint density at radius 1 is 1.33 bits per heavy atom. The van der Waals surface area contributed by atoms with Crippen molar-refractivity contribution in [2.24, 2.45) is 0 Å². The predicted molar refractivity (Wildman–Crippen MR) is 48.1 cm³/mol. The van der Waals surface area contributed by atoms with Crippen LogP contribution in [0.1, 0.15) is 13.3 Å². The first-order valence-electron chi connectivity index (χ1n) is 3.70. The molecule has 2 heteroatoms. The third-order valence-corrected chi connectivity index (χ3v) is 0.881. The molecule has 0 aromatic heterocycles. The van der Waals surface area contributed by atoms with Crippen molar-refractivity contribution in [1.82, 2.24) is 0 Å². The largest absolute Gasteiger partial charge is 0.395 e. The van der Waals surface area contributed by atoms with Gasteiger partial charge in [-0.1, -0.05) is 23.7 Å². The van der Waals surface area contributed by atoms with Gasteiger partial charge in [0.05, 0.1) is 6.61 Å². The molecule has 64 valence electrons. The maximum atomic E-state index is 8.72. The molecule has 0 saturated heterocycles. The van der Waals surface area contributed by atoms with Gasteiger partial charge in [0.15, 0.2) is 0 Å². The van der Waals surface area contributed by atoms with Crippen LogP contribution in [0.4, 0.5) is 0 Å². The van der Waals surface area contributed by atoms with Crippen LogP contribution in [0.5, 0.6) is 0 Å². The summed E-state index contributed by atoms with van der Waals surface area (Å²) in [5.41, 5.74) is 0. The number of aliphatic hydroxyl groups is 2. The Morgan fingerprint density at radius 3 is 2.58 bits per heavy atom. The number of rotatable bonds is 1. The van der Waals surface area contributed by atoms with Crippen molar-refractivity contribution in [3.8, 4) is 23.7 Å². The van der Waals surface area contributed by atoms with E-state index in [1.165, 1.54) is 0 Å². The molecule has 0 bridgehead atoms. The first kappa shape index (κ1) is 10.8. The van der Waals surface area contributed by atoms with E-state index in [9.17, 15) is 0 Å². The van der Waals surface area contributed by atoms with Gasteiger partial charge >= 0.3 is 0 Å². The van der Waals surface area contributed by atoms with E-state index in [4.69, 9.17) is 10.2 Å². The van der Waals surface area contributed by atoms with Crippen molar-refractivity contribution in [2.75, 3.05) is 6.61 Å². The van der Waals surface area contributed by atoms with E-state index >= 15 is 0 Å². The Balaban J connectivity index is 3.67. The zero-order chi connectivity index (χ0) is 9.23. The van der Waals surface area contributed by atoms with E-state index in [0.717, 1.165) is 0 Å². The molecule has 12 heavy (non-hydrogen) atoms. The summed E-state index contributed by atoms with van der Waals surface area (Å²) in [7, 11) is 0. The molecule has 0 rings (SSSR count). The average molecular weight is 164 g/mol. The molecule has 0 heterocycles. The van der Waals surface area contributed by atoms with Crippen LogP contribution in [0.3, 0.4) is 0 Å². The second-order valence-corrected chi connectivity index (χ2v) is 2.09. The monoisotopic (exact) mass is 164 g/mol. The van der Waals surface area contributed by atoms with E-state index in [-0.39, 0.29) is 6.61 Å². The number of allylic oxidation sites excluding steroid dienone is 2. The van der Waals surface area contributed by atoms with Gasteiger partial charge in [-0.05, 0) is 19.1 Å². The molecule has 0 spiro atoms. The molecule has 0 fully saturated rings. The van der Waals surface area contributed by atoms with Gasteiger partial charge in [-0.2, -0.15) is 0 Å². The van der Waals surface area contributed by atoms with Crippen LogP contribution >= 0.6 is 0 Å². The fraction of sp³-hybridized carbons (Fsp3) is 0.400. The second-order valence-electron chi connectivity index (χ2n) is 2.09. The molecule has 2 nitrogen and oxygen atoms in total. The normalized spacial score (nSPS) is 11.2. The van der Waals surface area contributed by atoms with Gasteiger partial charge in [0.1, 0.15) is 6.10 Å². The van der Waals surface area contributed by atoms with Gasteiger partial charge in [0.25, 0.3) is 0 Å². The van der Waals surface area contributed by atoms with E-state index in [1.54, 1.807) is 19.1 Å². The fourth-order valence-corrected chi connectivity index (χ4v) is 0.439. The van der Waals surface area contributed by atoms with Crippen LogP contribution in [0.2, 0.25) is 0 Å². The maximum Gasteiger partial charge on any atom is 0.112 e. The topological polar surface area (TPSA) is 40.5 Å². The van der Waals surface area contributed by atoms with E-state index in [2.05, 4.69) is 23.7 Å². The SMILES string of the molecule is CC(O)C#C/C=C/C#CCCO. The number of hydrogen-bond donors (Lipinski definition) is 2. The summed E-state index contributed by atoms with van der Waals surface area (Å²) in [6.45, 7) is 1.68. The van der Waals surface area contributed by atoms with Crippen molar-refractivity contribution in [3.05, 3.63) is 12.2 Å². The van der Waals surface area contributed by atoms with Gasteiger partial charge in [-0.3, -0.25) is 0 Å². The fourth-order valence-electron chi connectivity index (χ4n) is 0.439. The molecule has 0 aromatic rings. The minimum absolute atomic E-state index is 0.0835. The minimum atomic E-state index is -0.597. The molecule has 0 saturated carbocycles. The summed E-state index contributed by atoms with van der Waals surface area (Å²) in [4.78, 5) is 0. The highest BCUT2D eigenvalue weighted by Gasteiger charge is 1.78. The van der Waals surface area contributed by atoms with Crippen LogP contribution in [-0.2, 0) is 0 Å². The van der Waals surface area contributed by atoms with Gasteiger partial charge in [-0.15, -0.1) is 0 Å². The summed E-state index contributed by atoms with van der Waals surface area (Å²) >= 11 is 0. The molecule has 2 N–H and O–H groups in total. The molecule has 0 radical (unpaired) electrons. The van der Waals surface area contributed by atoms with Crippen molar-refractivity contribution in [3.63, 3.8) is 0 Å². The summed E-state index contributed by atoms with van der Waals surface area (Å²) in [6.07, 6.45) is 3.04. The summed E-state index contributed by atoms with van der Waals surface area (Å²) in [5.74, 6) is 10.5. The quantitative estimate of drug-likeness (QED) is 0.548. The van der Waals surface area contributed by atoms with Crippen molar-refractivity contribution < 1.29 is 10.2 Å². The maximum absolute atomic E-state index is 8.72. The van der Waals surface area contributed by atoms with E-state index < -0.39 is 6.10 Å². The molecule has 0 aliphatic carbocycles. The van der Waals surface area contributed by atoms with Crippen molar-refractivity contribution in [2.45, 2.75) is 19.4 Å².